The molecule has 1 aliphatic heterocycles. The summed E-state index contributed by atoms with van der Waals surface area (Å²) in [7, 11) is 0. The molecule has 0 spiro atoms. The van der Waals surface area contributed by atoms with Crippen LogP contribution in [-0.2, 0) is 4.74 Å². The topological polar surface area (TPSA) is 123 Å². The predicted molar refractivity (Wildman–Crippen MR) is 79.3 cm³/mol. The smallest absolute Gasteiger partial charge is 0.274 e. The second-order valence-electron chi connectivity index (χ2n) is 4.88. The van der Waals surface area contributed by atoms with E-state index in [1.165, 1.54) is 18.5 Å². The van der Waals surface area contributed by atoms with Gasteiger partial charge in [0.25, 0.3) is 5.91 Å². The van der Waals surface area contributed by atoms with E-state index >= 15 is 0 Å². The first kappa shape index (κ1) is 15.0. The minimum Gasteiger partial charge on any atom is -0.508 e. The molecule has 3 N–H and O–H groups in total. The van der Waals surface area contributed by atoms with E-state index in [4.69, 9.17) is 4.74 Å². The number of phenols is 2. The predicted octanol–water partition coefficient (Wildman–Crippen LogP) is 1.71. The van der Waals surface area contributed by atoms with Gasteiger partial charge in [-0.25, -0.2) is 4.98 Å². The van der Waals surface area contributed by atoms with Gasteiger partial charge in [0, 0.05) is 19.2 Å². The van der Waals surface area contributed by atoms with Crippen LogP contribution in [0.1, 0.15) is 10.5 Å². The van der Waals surface area contributed by atoms with E-state index < -0.39 is 0 Å². The summed E-state index contributed by atoms with van der Waals surface area (Å²) in [5.74, 6) is -0.390. The molecule has 1 aliphatic rings. The van der Waals surface area contributed by atoms with Crippen molar-refractivity contribution < 1.29 is 19.7 Å². The van der Waals surface area contributed by atoms with Gasteiger partial charge in [-0.1, -0.05) is 0 Å². The molecule has 1 fully saturated rings. The molecule has 3 rings (SSSR count). The minimum atomic E-state index is -0.227. The summed E-state index contributed by atoms with van der Waals surface area (Å²) in [6.45, 7) is 2.01. The highest BCUT2D eigenvalue weighted by atomic mass is 16.5. The number of ether oxygens (including phenoxy) is 1. The molecule has 1 amide bonds. The van der Waals surface area contributed by atoms with Gasteiger partial charge in [0.15, 0.2) is 5.69 Å². The van der Waals surface area contributed by atoms with Crippen LogP contribution in [0.15, 0.2) is 34.8 Å². The summed E-state index contributed by atoms with van der Waals surface area (Å²) in [6.07, 6.45) is 1.36. The zero-order valence-corrected chi connectivity index (χ0v) is 12.1. The van der Waals surface area contributed by atoms with Crippen molar-refractivity contribution in [2.24, 2.45) is 10.2 Å². The Morgan fingerprint density at radius 2 is 2.04 bits per heavy atom. The number of H-pyrrole nitrogens is 1. The Balaban J connectivity index is 1.80. The number of aromatic amines is 1. The number of aromatic hydroxyl groups is 2. The maximum atomic E-state index is 12.4. The molecule has 23 heavy (non-hydrogen) atoms. The van der Waals surface area contributed by atoms with Crippen LogP contribution in [0.2, 0.25) is 0 Å². The lowest BCUT2D eigenvalue weighted by Crippen LogP contribution is -2.40. The Labute approximate surface area is 131 Å². The number of hydrogen-bond acceptors (Lipinski definition) is 7. The summed E-state index contributed by atoms with van der Waals surface area (Å²) < 4.78 is 5.22. The number of azo groups is 1. The van der Waals surface area contributed by atoms with Crippen molar-refractivity contribution in [3.8, 4) is 11.5 Å². The van der Waals surface area contributed by atoms with Crippen LogP contribution < -0.4 is 0 Å². The molecule has 0 bridgehead atoms. The molecule has 1 aromatic heterocycles. The SMILES string of the molecule is O=C(c1[nH]cnc1N=Nc1ccc(O)cc1O)N1CCOCC1. The van der Waals surface area contributed by atoms with Crippen molar-refractivity contribution in [2.75, 3.05) is 26.3 Å². The Bertz CT molecular complexity index is 737. The van der Waals surface area contributed by atoms with Crippen LogP contribution in [0.25, 0.3) is 0 Å². The fraction of sp³-hybridized carbons (Fsp3) is 0.286. The Hall–Kier alpha value is -2.94. The molecule has 9 nitrogen and oxygen atoms in total. The maximum Gasteiger partial charge on any atom is 0.274 e. The average molecular weight is 317 g/mol. The quantitative estimate of drug-likeness (QED) is 0.743. The van der Waals surface area contributed by atoms with Crippen molar-refractivity contribution >= 4 is 17.4 Å². The van der Waals surface area contributed by atoms with Crippen LogP contribution >= 0.6 is 0 Å². The largest absolute Gasteiger partial charge is 0.508 e. The molecule has 0 atom stereocenters. The van der Waals surface area contributed by atoms with Gasteiger partial charge in [0.05, 0.1) is 19.5 Å². The van der Waals surface area contributed by atoms with E-state index in [0.717, 1.165) is 6.07 Å². The Kier molecular flexibility index (Phi) is 4.20. The molecule has 1 aromatic carbocycles. The van der Waals surface area contributed by atoms with Crippen LogP contribution in [-0.4, -0.2) is 57.3 Å². The van der Waals surface area contributed by atoms with E-state index in [1.807, 2.05) is 0 Å². The fourth-order valence-corrected chi connectivity index (χ4v) is 2.14. The van der Waals surface area contributed by atoms with Gasteiger partial charge in [-0.05, 0) is 12.1 Å². The highest BCUT2D eigenvalue weighted by molar-refractivity contribution is 5.96. The molecule has 0 saturated carbocycles. The number of carbonyl (C=O) groups excluding carboxylic acids is 1. The zero-order valence-electron chi connectivity index (χ0n) is 12.1. The molecule has 2 heterocycles. The van der Waals surface area contributed by atoms with E-state index in [2.05, 4.69) is 20.2 Å². The van der Waals surface area contributed by atoms with Crippen LogP contribution in [0, 0.1) is 0 Å². The van der Waals surface area contributed by atoms with Crippen LogP contribution in [0.4, 0.5) is 11.5 Å². The number of nitrogens with zero attached hydrogens (tertiary/aromatic N) is 4. The summed E-state index contributed by atoms with van der Waals surface area (Å²) in [5.41, 5.74) is 0.393. The number of nitrogens with one attached hydrogen (secondary N) is 1. The summed E-state index contributed by atoms with van der Waals surface area (Å²) in [6, 6.07) is 3.93. The lowest BCUT2D eigenvalue weighted by atomic mass is 10.3. The minimum absolute atomic E-state index is 0.0793. The number of amides is 1. The number of morpholine rings is 1. The van der Waals surface area contributed by atoms with E-state index in [0.29, 0.717) is 26.3 Å². The molecule has 1 saturated heterocycles. The van der Waals surface area contributed by atoms with Crippen molar-refractivity contribution in [1.82, 2.24) is 14.9 Å². The number of rotatable bonds is 3. The highest BCUT2D eigenvalue weighted by Crippen LogP contribution is 2.31. The summed E-state index contributed by atoms with van der Waals surface area (Å²) >= 11 is 0. The van der Waals surface area contributed by atoms with Gasteiger partial charge in [0.1, 0.15) is 17.2 Å². The lowest BCUT2D eigenvalue weighted by Gasteiger charge is -2.26. The first-order valence-electron chi connectivity index (χ1n) is 6.99. The Morgan fingerprint density at radius 3 is 2.78 bits per heavy atom. The second kappa shape index (κ2) is 6.44. The number of aromatic nitrogens is 2. The molecule has 0 unspecified atom stereocenters. The highest BCUT2D eigenvalue weighted by Gasteiger charge is 2.23. The first-order chi connectivity index (χ1) is 11.1. The number of hydrogen-bond donors (Lipinski definition) is 3. The normalized spacial score (nSPS) is 15.2. The van der Waals surface area contributed by atoms with Crippen LogP contribution in [0.5, 0.6) is 11.5 Å². The van der Waals surface area contributed by atoms with Gasteiger partial charge in [0.2, 0.25) is 5.82 Å². The van der Waals surface area contributed by atoms with E-state index in [9.17, 15) is 15.0 Å². The molecular formula is C14H15N5O4. The van der Waals surface area contributed by atoms with Crippen molar-refractivity contribution in [1.29, 1.82) is 0 Å². The van der Waals surface area contributed by atoms with Crippen molar-refractivity contribution in [3.63, 3.8) is 0 Å². The molecule has 120 valence electrons. The molecule has 0 aliphatic carbocycles. The lowest BCUT2D eigenvalue weighted by molar-refractivity contribution is 0.0300. The van der Waals surface area contributed by atoms with Gasteiger partial charge in [-0.3, -0.25) is 4.79 Å². The number of phenolic OH excluding ortho intramolecular Hbond substituents is 2. The maximum absolute atomic E-state index is 12.4. The monoisotopic (exact) mass is 317 g/mol. The third kappa shape index (κ3) is 3.29. The molecule has 2 aromatic rings. The van der Waals surface area contributed by atoms with Gasteiger partial charge in [-0.2, -0.15) is 0 Å². The summed E-state index contributed by atoms with van der Waals surface area (Å²) in [5, 5.41) is 26.7. The number of benzene rings is 1. The van der Waals surface area contributed by atoms with Crippen molar-refractivity contribution in [3.05, 3.63) is 30.2 Å². The first-order valence-corrected chi connectivity index (χ1v) is 6.99. The zero-order chi connectivity index (χ0) is 16.2. The van der Waals surface area contributed by atoms with Gasteiger partial charge in [-0.15, -0.1) is 10.2 Å². The van der Waals surface area contributed by atoms with E-state index in [-0.39, 0.29) is 34.6 Å². The summed E-state index contributed by atoms with van der Waals surface area (Å²) in [4.78, 5) is 20.8. The Morgan fingerprint density at radius 1 is 1.26 bits per heavy atom. The average Bonchev–Trinajstić information content (AvgIpc) is 3.02. The molecule has 0 radical (unpaired) electrons. The van der Waals surface area contributed by atoms with Gasteiger partial charge >= 0.3 is 0 Å². The van der Waals surface area contributed by atoms with Gasteiger partial charge < -0.3 is 24.8 Å². The molecule has 9 heteroatoms. The van der Waals surface area contributed by atoms with Crippen molar-refractivity contribution in [2.45, 2.75) is 0 Å². The number of carbonyl (C=O) groups is 1. The fourth-order valence-electron chi connectivity index (χ4n) is 2.14. The number of imidazole rings is 1. The standard InChI is InChI=1S/C14H15N5O4/c20-9-1-2-10(11(21)7-9)17-18-13-12(15-8-16-13)14(22)19-3-5-23-6-4-19/h1-2,7-8,20-21H,3-6H2,(H,15,16). The third-order valence-electron chi connectivity index (χ3n) is 3.34. The molecular weight excluding hydrogens is 302 g/mol. The van der Waals surface area contributed by atoms with Crippen LogP contribution in [0.3, 0.4) is 0 Å². The van der Waals surface area contributed by atoms with E-state index in [1.54, 1.807) is 4.90 Å². The second-order valence-corrected chi connectivity index (χ2v) is 4.88. The third-order valence-corrected chi connectivity index (χ3v) is 3.34.